The lowest BCUT2D eigenvalue weighted by Gasteiger charge is -2.06. The monoisotopic (exact) mass is 175 g/mol. The minimum absolute atomic E-state index is 0.148. The Morgan fingerprint density at radius 1 is 1.64 bits per heavy atom. The van der Waals surface area contributed by atoms with E-state index in [9.17, 15) is 4.21 Å². The van der Waals surface area contributed by atoms with Crippen LogP contribution in [0.5, 0.6) is 0 Å². The van der Waals surface area contributed by atoms with E-state index in [0.29, 0.717) is 5.75 Å². The van der Waals surface area contributed by atoms with Gasteiger partial charge in [-0.25, -0.2) is 0 Å². The second-order valence-electron chi connectivity index (χ2n) is 3.38. The van der Waals surface area contributed by atoms with Crippen molar-refractivity contribution in [2.24, 2.45) is 11.7 Å². The molecule has 2 nitrogen and oxygen atoms in total. The first-order chi connectivity index (χ1) is 5.22. The summed E-state index contributed by atoms with van der Waals surface area (Å²) >= 11 is 0. The van der Waals surface area contributed by atoms with E-state index in [2.05, 4.69) is 0 Å². The molecule has 3 heteroatoms. The second-order valence-corrected chi connectivity index (χ2v) is 4.93. The van der Waals surface area contributed by atoms with Crippen LogP contribution in [0.15, 0.2) is 0 Å². The van der Waals surface area contributed by atoms with Gasteiger partial charge in [-0.3, -0.25) is 4.21 Å². The first kappa shape index (κ1) is 9.20. The van der Waals surface area contributed by atoms with E-state index in [1.807, 2.05) is 6.92 Å². The zero-order valence-electron chi connectivity index (χ0n) is 7.08. The molecule has 0 saturated heterocycles. The predicted octanol–water partition coefficient (Wildman–Crippen LogP) is 0.882. The van der Waals surface area contributed by atoms with Gasteiger partial charge in [0.2, 0.25) is 0 Å². The molecule has 2 unspecified atom stereocenters. The molecule has 2 N–H and O–H groups in total. The van der Waals surface area contributed by atoms with E-state index in [0.717, 1.165) is 18.1 Å². The third-order valence-corrected chi connectivity index (χ3v) is 3.69. The van der Waals surface area contributed by atoms with E-state index in [-0.39, 0.29) is 6.04 Å². The van der Waals surface area contributed by atoms with Crippen LogP contribution in [0, 0.1) is 5.92 Å². The van der Waals surface area contributed by atoms with Gasteiger partial charge >= 0.3 is 0 Å². The molecule has 0 amide bonds. The lowest BCUT2D eigenvalue weighted by Crippen LogP contribution is -2.27. The number of hydrogen-bond acceptors (Lipinski definition) is 2. The summed E-state index contributed by atoms with van der Waals surface area (Å²) in [5.41, 5.74) is 5.68. The molecule has 0 heterocycles. The van der Waals surface area contributed by atoms with Gasteiger partial charge in [0.25, 0.3) is 0 Å². The van der Waals surface area contributed by atoms with E-state index in [1.165, 1.54) is 12.8 Å². The Hall–Kier alpha value is 0.110. The Kier molecular flexibility index (Phi) is 3.52. The number of hydrogen-bond donors (Lipinski definition) is 1. The first-order valence-corrected chi connectivity index (χ1v) is 5.81. The molecule has 0 aliphatic heterocycles. The molecule has 1 aliphatic rings. The Morgan fingerprint density at radius 2 is 2.27 bits per heavy atom. The average molecular weight is 175 g/mol. The van der Waals surface area contributed by atoms with Crippen LogP contribution < -0.4 is 5.73 Å². The van der Waals surface area contributed by atoms with Gasteiger partial charge in [-0.1, -0.05) is 6.92 Å². The van der Waals surface area contributed by atoms with E-state index >= 15 is 0 Å². The van der Waals surface area contributed by atoms with Gasteiger partial charge in [0.15, 0.2) is 0 Å². The summed E-state index contributed by atoms with van der Waals surface area (Å²) in [5, 5.41) is 0. The highest BCUT2D eigenvalue weighted by atomic mass is 32.2. The maximum Gasteiger partial charge on any atom is 0.0386 e. The Labute approximate surface area is 71.0 Å². The van der Waals surface area contributed by atoms with Crippen LogP contribution in [0.4, 0.5) is 0 Å². The summed E-state index contributed by atoms with van der Waals surface area (Å²) in [6.07, 6.45) is 3.51. The van der Waals surface area contributed by atoms with Crippen LogP contribution >= 0.6 is 0 Å². The molecule has 0 aromatic heterocycles. The Bertz CT molecular complexity index is 145. The zero-order chi connectivity index (χ0) is 8.27. The van der Waals surface area contributed by atoms with Crippen LogP contribution in [-0.2, 0) is 10.8 Å². The minimum atomic E-state index is -0.643. The third kappa shape index (κ3) is 3.87. The fourth-order valence-corrected chi connectivity index (χ4v) is 2.68. The van der Waals surface area contributed by atoms with Crippen molar-refractivity contribution >= 4 is 10.8 Å². The Morgan fingerprint density at radius 3 is 2.73 bits per heavy atom. The summed E-state index contributed by atoms with van der Waals surface area (Å²) < 4.78 is 11.3. The molecule has 0 bridgehead atoms. The van der Waals surface area contributed by atoms with Crippen molar-refractivity contribution in [2.75, 3.05) is 11.5 Å². The van der Waals surface area contributed by atoms with Gasteiger partial charge in [0.1, 0.15) is 0 Å². The van der Waals surface area contributed by atoms with Gasteiger partial charge in [-0.05, 0) is 25.2 Å². The van der Waals surface area contributed by atoms with Crippen LogP contribution in [0.1, 0.15) is 26.2 Å². The summed E-state index contributed by atoms with van der Waals surface area (Å²) in [5.74, 6) is 2.36. The van der Waals surface area contributed by atoms with Gasteiger partial charge in [-0.15, -0.1) is 0 Å². The molecule has 1 saturated carbocycles. The van der Waals surface area contributed by atoms with Gasteiger partial charge in [0, 0.05) is 28.3 Å². The molecule has 1 aliphatic carbocycles. The smallest absolute Gasteiger partial charge is 0.0386 e. The summed E-state index contributed by atoms with van der Waals surface area (Å²) in [7, 11) is -0.643. The zero-order valence-corrected chi connectivity index (χ0v) is 7.90. The van der Waals surface area contributed by atoms with Crippen molar-refractivity contribution in [2.45, 2.75) is 32.2 Å². The summed E-state index contributed by atoms with van der Waals surface area (Å²) in [6.45, 7) is 2.04. The van der Waals surface area contributed by atoms with E-state index in [4.69, 9.17) is 5.73 Å². The average Bonchev–Trinajstić information content (AvgIpc) is 2.71. The molecule has 2 atom stereocenters. The molecule has 66 valence electrons. The summed E-state index contributed by atoms with van der Waals surface area (Å²) in [6, 6.07) is 0.148. The number of nitrogens with two attached hydrogens (primary N) is 1. The van der Waals surface area contributed by atoms with Crippen molar-refractivity contribution in [3.05, 3.63) is 0 Å². The fraction of sp³-hybridized carbons (Fsp3) is 1.00. The normalized spacial score (nSPS) is 23.1. The molecule has 1 fully saturated rings. The minimum Gasteiger partial charge on any atom is -0.327 e. The van der Waals surface area contributed by atoms with Crippen molar-refractivity contribution in [1.29, 1.82) is 0 Å². The van der Waals surface area contributed by atoms with Crippen molar-refractivity contribution in [3.8, 4) is 0 Å². The van der Waals surface area contributed by atoms with Gasteiger partial charge < -0.3 is 5.73 Å². The topological polar surface area (TPSA) is 43.1 Å². The molecule has 0 radical (unpaired) electrons. The standard InChI is InChI=1S/C8H17NOS/c1-2-8(9)6-11(10)5-7-3-4-7/h7-8H,2-6,9H2,1H3. The largest absolute Gasteiger partial charge is 0.327 e. The van der Waals surface area contributed by atoms with Crippen LogP contribution in [0.25, 0.3) is 0 Å². The highest BCUT2D eigenvalue weighted by Gasteiger charge is 2.23. The Balaban J connectivity index is 2.08. The number of rotatable bonds is 5. The highest BCUT2D eigenvalue weighted by Crippen LogP contribution is 2.29. The third-order valence-electron chi connectivity index (χ3n) is 2.04. The molecular formula is C8H17NOS. The van der Waals surface area contributed by atoms with Gasteiger partial charge in [-0.2, -0.15) is 0 Å². The quantitative estimate of drug-likeness (QED) is 0.674. The highest BCUT2D eigenvalue weighted by molar-refractivity contribution is 7.85. The lowest BCUT2D eigenvalue weighted by molar-refractivity contribution is 0.660. The predicted molar refractivity (Wildman–Crippen MR) is 48.9 cm³/mol. The lowest BCUT2D eigenvalue weighted by atomic mass is 10.3. The molecule has 1 rings (SSSR count). The molecule has 0 aromatic carbocycles. The van der Waals surface area contributed by atoms with E-state index in [1.54, 1.807) is 0 Å². The summed E-state index contributed by atoms with van der Waals surface area (Å²) in [4.78, 5) is 0. The van der Waals surface area contributed by atoms with Crippen LogP contribution in [0.3, 0.4) is 0 Å². The fourth-order valence-electron chi connectivity index (χ4n) is 0.972. The second kappa shape index (κ2) is 4.21. The maximum absolute atomic E-state index is 11.3. The molecule has 11 heavy (non-hydrogen) atoms. The SMILES string of the molecule is CCC(N)CS(=O)CC1CC1. The van der Waals surface area contributed by atoms with Gasteiger partial charge in [0.05, 0.1) is 0 Å². The van der Waals surface area contributed by atoms with Crippen LogP contribution in [0.2, 0.25) is 0 Å². The molecular weight excluding hydrogens is 158 g/mol. The molecule has 0 aromatic rings. The van der Waals surface area contributed by atoms with E-state index < -0.39 is 10.8 Å². The van der Waals surface area contributed by atoms with Crippen molar-refractivity contribution in [3.63, 3.8) is 0 Å². The van der Waals surface area contributed by atoms with Crippen molar-refractivity contribution < 1.29 is 4.21 Å². The molecule has 0 spiro atoms. The van der Waals surface area contributed by atoms with Crippen LogP contribution in [-0.4, -0.2) is 21.8 Å². The first-order valence-electron chi connectivity index (χ1n) is 4.33. The van der Waals surface area contributed by atoms with Crippen molar-refractivity contribution in [1.82, 2.24) is 0 Å². The maximum atomic E-state index is 11.3.